The number of aliphatic imine (C=N–C) groups is 1. The van der Waals surface area contributed by atoms with Gasteiger partial charge >= 0.3 is 0 Å². The summed E-state index contributed by atoms with van der Waals surface area (Å²) in [5.74, 6) is -0.229. The molecule has 0 atom stereocenters. The number of rotatable bonds is 7. The van der Waals surface area contributed by atoms with Crippen molar-refractivity contribution in [3.05, 3.63) is 76.5 Å². The van der Waals surface area contributed by atoms with E-state index in [4.69, 9.17) is 17.3 Å². The fourth-order valence-electron chi connectivity index (χ4n) is 2.96. The lowest BCUT2D eigenvalue weighted by Gasteiger charge is -2.06. The molecule has 0 saturated carbocycles. The number of fused-ring (bicyclic) bond motifs is 1. The van der Waals surface area contributed by atoms with Crippen molar-refractivity contribution >= 4 is 28.3 Å². The predicted octanol–water partition coefficient (Wildman–Crippen LogP) is 4.83. The number of benzene rings is 1. The van der Waals surface area contributed by atoms with Crippen molar-refractivity contribution in [1.82, 2.24) is 9.97 Å². The van der Waals surface area contributed by atoms with E-state index in [2.05, 4.69) is 15.0 Å². The van der Waals surface area contributed by atoms with E-state index < -0.39 is 0 Å². The first-order valence-electron chi connectivity index (χ1n) is 8.90. The summed E-state index contributed by atoms with van der Waals surface area (Å²) in [5.41, 5.74) is 10.8. The van der Waals surface area contributed by atoms with Gasteiger partial charge in [0.1, 0.15) is 11.5 Å². The number of pyridine rings is 1. The number of hydrogen-bond donors (Lipinski definition) is 2. The van der Waals surface area contributed by atoms with Gasteiger partial charge in [-0.1, -0.05) is 23.7 Å². The van der Waals surface area contributed by atoms with Gasteiger partial charge < -0.3 is 10.7 Å². The zero-order valence-corrected chi connectivity index (χ0v) is 15.9. The molecule has 0 aliphatic carbocycles. The first-order chi connectivity index (χ1) is 13.0. The Morgan fingerprint density at radius 3 is 2.85 bits per heavy atom. The number of nitrogens with one attached hydrogen (secondary N) is 1. The van der Waals surface area contributed by atoms with Crippen molar-refractivity contribution in [3.63, 3.8) is 0 Å². The van der Waals surface area contributed by atoms with E-state index in [-0.39, 0.29) is 5.82 Å². The average Bonchev–Trinajstić information content (AvgIpc) is 3.03. The van der Waals surface area contributed by atoms with Gasteiger partial charge in [0, 0.05) is 42.2 Å². The van der Waals surface area contributed by atoms with Crippen LogP contribution in [-0.2, 0) is 12.8 Å². The highest BCUT2D eigenvalue weighted by molar-refractivity contribution is 6.31. The smallest absolute Gasteiger partial charge is 0.137 e. The number of aryl methyl sites for hydroxylation is 1. The lowest BCUT2D eigenvalue weighted by Crippen LogP contribution is -2.07. The summed E-state index contributed by atoms with van der Waals surface area (Å²) in [6, 6.07) is 8.41. The number of H-pyrrole nitrogens is 1. The number of nitrogens with two attached hydrogens (primary N) is 1. The summed E-state index contributed by atoms with van der Waals surface area (Å²) >= 11 is 6.08. The van der Waals surface area contributed by atoms with Crippen LogP contribution in [0.1, 0.15) is 24.5 Å². The summed E-state index contributed by atoms with van der Waals surface area (Å²) in [6.45, 7) is 2.68. The molecule has 2 heterocycles. The highest BCUT2D eigenvalue weighted by Crippen LogP contribution is 2.21. The van der Waals surface area contributed by atoms with Crippen LogP contribution < -0.4 is 5.73 Å². The molecule has 3 aromatic rings. The molecule has 6 heteroatoms. The second-order valence-corrected chi connectivity index (χ2v) is 6.79. The largest absolute Gasteiger partial charge is 0.402 e. The summed E-state index contributed by atoms with van der Waals surface area (Å²) in [5, 5.41) is 1.59. The van der Waals surface area contributed by atoms with Crippen LogP contribution >= 0.6 is 11.6 Å². The quantitative estimate of drug-likeness (QED) is 0.572. The number of aromatic nitrogens is 2. The molecule has 0 aliphatic heterocycles. The second-order valence-electron chi connectivity index (χ2n) is 6.35. The molecule has 0 saturated heterocycles. The highest BCUT2D eigenvalue weighted by Gasteiger charge is 2.08. The Bertz CT molecular complexity index is 974. The first-order valence-corrected chi connectivity index (χ1v) is 9.28. The van der Waals surface area contributed by atoms with Gasteiger partial charge in [-0.3, -0.25) is 4.99 Å². The van der Waals surface area contributed by atoms with Crippen LogP contribution in [-0.4, -0.2) is 22.2 Å². The Morgan fingerprint density at radius 1 is 1.33 bits per heavy atom. The number of nitrogens with zero attached hydrogens (tertiary/aromatic N) is 2. The lowest BCUT2D eigenvalue weighted by molar-refractivity contribution is 0.627. The Morgan fingerprint density at radius 2 is 2.11 bits per heavy atom. The van der Waals surface area contributed by atoms with Crippen LogP contribution in [0.4, 0.5) is 4.39 Å². The van der Waals surface area contributed by atoms with Crippen molar-refractivity contribution in [2.24, 2.45) is 10.7 Å². The molecule has 3 rings (SSSR count). The summed E-state index contributed by atoms with van der Waals surface area (Å²) in [6.07, 6.45) is 7.58. The van der Waals surface area contributed by atoms with Crippen LogP contribution in [0.15, 0.2) is 59.5 Å². The Kier molecular flexibility index (Phi) is 6.24. The molecule has 0 aliphatic rings. The summed E-state index contributed by atoms with van der Waals surface area (Å²) < 4.78 is 13.0. The third-order valence-corrected chi connectivity index (χ3v) is 4.49. The molecular weight excluding hydrogens is 363 g/mol. The van der Waals surface area contributed by atoms with Crippen molar-refractivity contribution in [3.8, 4) is 0 Å². The van der Waals surface area contributed by atoms with Crippen LogP contribution in [0, 0.1) is 5.82 Å². The third-order valence-electron chi connectivity index (χ3n) is 4.28. The maximum absolute atomic E-state index is 13.0. The predicted molar refractivity (Wildman–Crippen MR) is 110 cm³/mol. The lowest BCUT2D eigenvalue weighted by atomic mass is 10.0. The molecule has 140 valence electrons. The maximum atomic E-state index is 13.0. The van der Waals surface area contributed by atoms with E-state index in [0.717, 1.165) is 40.0 Å². The Labute approximate surface area is 163 Å². The minimum atomic E-state index is -0.229. The van der Waals surface area contributed by atoms with Crippen molar-refractivity contribution in [1.29, 1.82) is 0 Å². The van der Waals surface area contributed by atoms with Gasteiger partial charge in [-0.2, -0.15) is 0 Å². The number of allylic oxidation sites excluding steroid dienone is 2. The number of hydrogen-bond acceptors (Lipinski definition) is 3. The van der Waals surface area contributed by atoms with Crippen molar-refractivity contribution in [2.45, 2.75) is 26.2 Å². The van der Waals surface area contributed by atoms with Crippen LogP contribution in [0.3, 0.4) is 0 Å². The molecule has 0 bridgehead atoms. The molecule has 2 aromatic heterocycles. The molecule has 0 unspecified atom stereocenters. The van der Waals surface area contributed by atoms with E-state index in [9.17, 15) is 4.39 Å². The van der Waals surface area contributed by atoms with E-state index in [1.54, 1.807) is 18.3 Å². The summed E-state index contributed by atoms with van der Waals surface area (Å²) in [4.78, 5) is 12.0. The number of aromatic amines is 1. The molecule has 1 aromatic carbocycles. The van der Waals surface area contributed by atoms with E-state index in [0.29, 0.717) is 24.4 Å². The van der Waals surface area contributed by atoms with Gasteiger partial charge in [-0.25, -0.2) is 9.37 Å². The molecule has 0 radical (unpaired) electrons. The fraction of sp³-hybridized carbons (Fsp3) is 0.238. The topological polar surface area (TPSA) is 67.1 Å². The van der Waals surface area contributed by atoms with E-state index >= 15 is 0 Å². The van der Waals surface area contributed by atoms with Gasteiger partial charge in [0.05, 0.1) is 5.02 Å². The SMILES string of the molecule is CCN=C(C=C(N)CCc1ccc(F)cc1)Cc1c[nH]c2ncc(Cl)cc12. The minimum absolute atomic E-state index is 0.229. The fourth-order valence-corrected chi connectivity index (χ4v) is 3.11. The van der Waals surface area contributed by atoms with Crippen molar-refractivity contribution in [2.75, 3.05) is 6.54 Å². The molecule has 27 heavy (non-hydrogen) atoms. The zero-order chi connectivity index (χ0) is 19.2. The highest BCUT2D eigenvalue weighted by atomic mass is 35.5. The molecule has 4 nitrogen and oxygen atoms in total. The summed E-state index contributed by atoms with van der Waals surface area (Å²) in [7, 11) is 0. The third kappa shape index (κ3) is 5.17. The normalized spacial score (nSPS) is 12.7. The van der Waals surface area contributed by atoms with Gasteiger partial charge in [0.25, 0.3) is 0 Å². The molecular formula is C21H22ClFN4. The average molecular weight is 385 g/mol. The Balaban J connectivity index is 1.72. The van der Waals surface area contributed by atoms with Gasteiger partial charge in [0.15, 0.2) is 0 Å². The standard InChI is InChI=1S/C21H22ClFN4/c1-2-25-19(9-15-12-26-21-20(15)10-16(22)13-27-21)11-18(24)8-5-14-3-6-17(23)7-4-14/h3-4,6-7,10-13H,2,5,8-9,24H2,1H3,(H,26,27). The first kappa shape index (κ1) is 19.1. The van der Waals surface area contributed by atoms with Crippen LogP contribution in [0.25, 0.3) is 11.0 Å². The van der Waals surface area contributed by atoms with Gasteiger partial charge in [-0.15, -0.1) is 0 Å². The molecule has 3 N–H and O–H groups in total. The van der Waals surface area contributed by atoms with Crippen molar-refractivity contribution < 1.29 is 4.39 Å². The zero-order valence-electron chi connectivity index (χ0n) is 15.2. The van der Waals surface area contributed by atoms with Gasteiger partial charge in [0.2, 0.25) is 0 Å². The van der Waals surface area contributed by atoms with E-state index in [1.807, 2.05) is 25.3 Å². The van der Waals surface area contributed by atoms with Crippen LogP contribution in [0.2, 0.25) is 5.02 Å². The molecule has 0 fully saturated rings. The molecule has 0 spiro atoms. The van der Waals surface area contributed by atoms with E-state index in [1.165, 1.54) is 12.1 Å². The minimum Gasteiger partial charge on any atom is -0.402 e. The maximum Gasteiger partial charge on any atom is 0.137 e. The van der Waals surface area contributed by atoms with Crippen LogP contribution in [0.5, 0.6) is 0 Å². The monoisotopic (exact) mass is 384 g/mol. The Hall–Kier alpha value is -2.66. The molecule has 0 amide bonds. The van der Waals surface area contributed by atoms with Gasteiger partial charge in [-0.05, 0) is 55.2 Å². The number of halogens is 2. The second kappa shape index (κ2) is 8.82.